The lowest BCUT2D eigenvalue weighted by molar-refractivity contribution is 0.120. The van der Waals surface area contributed by atoms with Crippen molar-refractivity contribution in [2.45, 2.75) is 26.5 Å². The van der Waals surface area contributed by atoms with E-state index in [1.54, 1.807) is 12.1 Å². The fraction of sp³-hybridized carbons (Fsp3) is 0.600. The van der Waals surface area contributed by atoms with Crippen molar-refractivity contribution < 1.29 is 14.6 Å². The van der Waals surface area contributed by atoms with Gasteiger partial charge in [0, 0.05) is 5.41 Å². The van der Waals surface area contributed by atoms with Crippen LogP contribution in [0.1, 0.15) is 31.4 Å². The van der Waals surface area contributed by atoms with Crippen molar-refractivity contribution in [2.75, 3.05) is 6.61 Å². The molecule has 88 valence electrons. The number of rotatable bonds is 4. The molecule has 1 atom stereocenters. The number of hydrogen-bond acceptors (Lipinski definition) is 4. The summed E-state index contributed by atoms with van der Waals surface area (Å²) in [7, 11) is 0. The Morgan fingerprint density at radius 1 is 1.40 bits per heavy atom. The molecule has 0 aliphatic rings. The molecule has 0 spiro atoms. The van der Waals surface area contributed by atoms with E-state index >= 15 is 0 Å². The lowest BCUT2D eigenvalue weighted by atomic mass is 9.84. The minimum Gasteiger partial charge on any atom is -0.462 e. The molecule has 0 aliphatic carbocycles. The number of nitrogens with two attached hydrogens (primary N) is 1. The second kappa shape index (κ2) is 5.51. The maximum absolute atomic E-state index is 9.12. The first-order valence-corrected chi connectivity index (χ1v) is 4.57. The molecule has 0 fully saturated rings. The average molecular weight is 236 g/mol. The summed E-state index contributed by atoms with van der Waals surface area (Å²) in [6.45, 7) is 3.58. The zero-order valence-electron chi connectivity index (χ0n) is 8.93. The van der Waals surface area contributed by atoms with E-state index in [2.05, 4.69) is 0 Å². The van der Waals surface area contributed by atoms with Crippen LogP contribution < -0.4 is 5.73 Å². The average Bonchev–Trinajstić information content (AvgIpc) is 2.64. The molecule has 0 unspecified atom stereocenters. The molecule has 0 saturated heterocycles. The first-order chi connectivity index (χ1) is 6.51. The van der Waals surface area contributed by atoms with E-state index < -0.39 is 5.41 Å². The van der Waals surface area contributed by atoms with Gasteiger partial charge in [-0.2, -0.15) is 0 Å². The Morgan fingerprint density at radius 3 is 2.40 bits per heavy atom. The van der Waals surface area contributed by atoms with Crippen LogP contribution in [0, 0.1) is 5.41 Å². The topological polar surface area (TPSA) is 79.6 Å². The molecule has 1 rings (SSSR count). The maximum Gasteiger partial charge on any atom is 0.129 e. The molecular weight excluding hydrogens is 218 g/mol. The zero-order chi connectivity index (χ0) is 10.8. The van der Waals surface area contributed by atoms with Crippen molar-refractivity contribution in [3.63, 3.8) is 0 Å². The van der Waals surface area contributed by atoms with Crippen LogP contribution in [-0.4, -0.2) is 16.8 Å². The molecule has 1 aromatic rings. The van der Waals surface area contributed by atoms with Crippen LogP contribution in [0.2, 0.25) is 0 Å². The molecule has 0 saturated carbocycles. The van der Waals surface area contributed by atoms with Gasteiger partial charge in [-0.25, -0.2) is 0 Å². The Labute approximate surface area is 95.5 Å². The highest BCUT2D eigenvalue weighted by Gasteiger charge is 2.29. The summed E-state index contributed by atoms with van der Waals surface area (Å²) >= 11 is 0. The highest BCUT2D eigenvalue weighted by Crippen LogP contribution is 2.31. The third-order valence-corrected chi connectivity index (χ3v) is 2.39. The van der Waals surface area contributed by atoms with Crippen molar-refractivity contribution in [1.29, 1.82) is 0 Å². The quantitative estimate of drug-likeness (QED) is 0.733. The van der Waals surface area contributed by atoms with Crippen LogP contribution in [-0.2, 0) is 6.61 Å². The van der Waals surface area contributed by atoms with Crippen LogP contribution in [0.15, 0.2) is 16.5 Å². The van der Waals surface area contributed by atoms with Gasteiger partial charge in [-0.1, -0.05) is 13.8 Å². The van der Waals surface area contributed by atoms with E-state index in [-0.39, 0.29) is 31.7 Å². The van der Waals surface area contributed by atoms with Crippen LogP contribution >= 0.6 is 12.4 Å². The molecule has 4 nitrogen and oxygen atoms in total. The van der Waals surface area contributed by atoms with Crippen molar-refractivity contribution in [3.05, 3.63) is 23.7 Å². The van der Waals surface area contributed by atoms with E-state index in [4.69, 9.17) is 20.4 Å². The molecule has 1 heterocycles. The Morgan fingerprint density at radius 2 is 2.00 bits per heavy atom. The van der Waals surface area contributed by atoms with Gasteiger partial charge in [0.2, 0.25) is 0 Å². The summed E-state index contributed by atoms with van der Waals surface area (Å²) in [6, 6.07) is 3.05. The molecule has 15 heavy (non-hydrogen) atoms. The summed E-state index contributed by atoms with van der Waals surface area (Å²) in [4.78, 5) is 0. The molecule has 0 aromatic carbocycles. The molecule has 0 radical (unpaired) electrons. The minimum absolute atomic E-state index is 0. The minimum atomic E-state index is -0.426. The van der Waals surface area contributed by atoms with Crippen LogP contribution in [0.25, 0.3) is 0 Å². The molecule has 0 aliphatic heterocycles. The second-order valence-corrected chi connectivity index (χ2v) is 4.09. The Balaban J connectivity index is 0.00000196. The molecule has 1 aromatic heterocycles. The van der Waals surface area contributed by atoms with Gasteiger partial charge in [0.15, 0.2) is 0 Å². The second-order valence-electron chi connectivity index (χ2n) is 4.09. The Bertz CT molecular complexity index is 299. The SMILES string of the molecule is CC(C)(CO)[C@@H](N)c1ccc(CO)o1.Cl. The Hall–Kier alpha value is -0.550. The van der Waals surface area contributed by atoms with E-state index in [1.165, 1.54) is 0 Å². The van der Waals surface area contributed by atoms with Gasteiger partial charge < -0.3 is 20.4 Å². The highest BCUT2D eigenvalue weighted by atomic mass is 35.5. The normalized spacial score (nSPS) is 13.4. The molecule has 0 bridgehead atoms. The molecule has 5 heteroatoms. The number of furan rings is 1. The zero-order valence-corrected chi connectivity index (χ0v) is 9.75. The van der Waals surface area contributed by atoms with Gasteiger partial charge in [-0.15, -0.1) is 12.4 Å². The molecule has 4 N–H and O–H groups in total. The van der Waals surface area contributed by atoms with Crippen molar-refractivity contribution in [3.8, 4) is 0 Å². The Kier molecular flexibility index (Phi) is 5.31. The van der Waals surface area contributed by atoms with Gasteiger partial charge in [-0.3, -0.25) is 0 Å². The van der Waals surface area contributed by atoms with E-state index in [0.29, 0.717) is 11.5 Å². The van der Waals surface area contributed by atoms with Crippen molar-refractivity contribution in [1.82, 2.24) is 0 Å². The number of hydrogen-bond donors (Lipinski definition) is 3. The first kappa shape index (κ1) is 14.5. The first-order valence-electron chi connectivity index (χ1n) is 4.57. The third-order valence-electron chi connectivity index (χ3n) is 2.39. The number of halogens is 1. The van der Waals surface area contributed by atoms with E-state index in [0.717, 1.165) is 0 Å². The van der Waals surface area contributed by atoms with Gasteiger partial charge in [-0.05, 0) is 12.1 Å². The summed E-state index contributed by atoms with van der Waals surface area (Å²) < 4.78 is 5.30. The monoisotopic (exact) mass is 235 g/mol. The lowest BCUT2D eigenvalue weighted by Gasteiger charge is -2.27. The van der Waals surface area contributed by atoms with Gasteiger partial charge in [0.1, 0.15) is 18.1 Å². The van der Waals surface area contributed by atoms with Crippen molar-refractivity contribution in [2.24, 2.45) is 11.1 Å². The van der Waals surface area contributed by atoms with Crippen LogP contribution in [0.3, 0.4) is 0 Å². The fourth-order valence-corrected chi connectivity index (χ4v) is 1.13. The highest BCUT2D eigenvalue weighted by molar-refractivity contribution is 5.85. The summed E-state index contributed by atoms with van der Waals surface area (Å²) in [5, 5.41) is 17.9. The van der Waals surface area contributed by atoms with Gasteiger partial charge in [0.25, 0.3) is 0 Å². The van der Waals surface area contributed by atoms with Crippen LogP contribution in [0.4, 0.5) is 0 Å². The number of aliphatic hydroxyl groups excluding tert-OH is 2. The third kappa shape index (κ3) is 3.21. The molecular formula is C10H18ClNO3. The van der Waals surface area contributed by atoms with Gasteiger partial charge in [0.05, 0.1) is 12.6 Å². The smallest absolute Gasteiger partial charge is 0.129 e. The summed E-state index contributed by atoms with van der Waals surface area (Å²) in [5.74, 6) is 1.08. The standard InChI is InChI=1S/C10H17NO3.ClH/c1-10(2,6-13)9(11)8-4-3-7(5-12)14-8;/h3-4,9,12-13H,5-6,11H2,1-2H3;1H/t9-;/m0./s1. The summed E-state index contributed by atoms with van der Waals surface area (Å²) in [5.41, 5.74) is 5.49. The van der Waals surface area contributed by atoms with Gasteiger partial charge >= 0.3 is 0 Å². The van der Waals surface area contributed by atoms with Crippen LogP contribution in [0.5, 0.6) is 0 Å². The fourth-order valence-electron chi connectivity index (χ4n) is 1.13. The predicted molar refractivity (Wildman–Crippen MR) is 59.7 cm³/mol. The van der Waals surface area contributed by atoms with E-state index in [1.807, 2.05) is 13.8 Å². The van der Waals surface area contributed by atoms with E-state index in [9.17, 15) is 0 Å². The largest absolute Gasteiger partial charge is 0.462 e. The number of aliphatic hydroxyl groups is 2. The summed E-state index contributed by atoms with van der Waals surface area (Å²) in [6.07, 6.45) is 0. The lowest BCUT2D eigenvalue weighted by Crippen LogP contribution is -2.32. The predicted octanol–water partition coefficient (Wildman–Crippen LogP) is 1.21. The van der Waals surface area contributed by atoms with Crippen molar-refractivity contribution >= 4 is 12.4 Å². The molecule has 0 amide bonds. The maximum atomic E-state index is 9.12.